The summed E-state index contributed by atoms with van der Waals surface area (Å²) >= 11 is 0. The lowest BCUT2D eigenvalue weighted by Gasteiger charge is -2.16. The molecule has 1 aliphatic rings. The SMILES string of the molecule is COCCC(C)Nc1ccc(OC2CCCC2)cc1. The minimum absolute atomic E-state index is 0.418. The van der Waals surface area contributed by atoms with Crippen LogP contribution in [0.2, 0.25) is 0 Å². The summed E-state index contributed by atoms with van der Waals surface area (Å²) in [6.07, 6.45) is 6.46. The van der Waals surface area contributed by atoms with Gasteiger partial charge < -0.3 is 14.8 Å². The molecule has 0 radical (unpaired) electrons. The monoisotopic (exact) mass is 263 g/mol. The first kappa shape index (κ1) is 14.2. The Labute approximate surface area is 116 Å². The fraction of sp³-hybridized carbons (Fsp3) is 0.625. The summed E-state index contributed by atoms with van der Waals surface area (Å²) in [4.78, 5) is 0. The number of hydrogen-bond acceptors (Lipinski definition) is 3. The minimum Gasteiger partial charge on any atom is -0.490 e. The van der Waals surface area contributed by atoms with Crippen LogP contribution >= 0.6 is 0 Å². The van der Waals surface area contributed by atoms with Gasteiger partial charge in [-0.05, 0) is 63.3 Å². The smallest absolute Gasteiger partial charge is 0.119 e. The zero-order valence-corrected chi connectivity index (χ0v) is 12.0. The molecule has 1 atom stereocenters. The van der Waals surface area contributed by atoms with E-state index in [1.807, 2.05) is 0 Å². The zero-order chi connectivity index (χ0) is 13.5. The summed E-state index contributed by atoms with van der Waals surface area (Å²) < 4.78 is 11.0. The predicted octanol–water partition coefficient (Wildman–Crippen LogP) is 3.84. The highest BCUT2D eigenvalue weighted by Crippen LogP contribution is 2.25. The number of benzene rings is 1. The second kappa shape index (κ2) is 7.39. The van der Waals surface area contributed by atoms with Crippen LogP contribution in [-0.4, -0.2) is 25.9 Å². The zero-order valence-electron chi connectivity index (χ0n) is 12.0. The fourth-order valence-corrected chi connectivity index (χ4v) is 2.48. The van der Waals surface area contributed by atoms with Crippen molar-refractivity contribution in [3.05, 3.63) is 24.3 Å². The van der Waals surface area contributed by atoms with Crippen molar-refractivity contribution in [1.29, 1.82) is 0 Å². The first-order chi connectivity index (χ1) is 9.28. The van der Waals surface area contributed by atoms with Crippen LogP contribution in [0.15, 0.2) is 24.3 Å². The van der Waals surface area contributed by atoms with Crippen molar-refractivity contribution in [2.45, 2.75) is 51.2 Å². The highest BCUT2D eigenvalue weighted by molar-refractivity contribution is 5.47. The van der Waals surface area contributed by atoms with Crippen molar-refractivity contribution in [1.82, 2.24) is 0 Å². The molecule has 1 N–H and O–H groups in total. The van der Waals surface area contributed by atoms with Crippen LogP contribution in [0.25, 0.3) is 0 Å². The molecule has 3 heteroatoms. The lowest BCUT2D eigenvalue weighted by atomic mass is 10.2. The summed E-state index contributed by atoms with van der Waals surface area (Å²) in [6.45, 7) is 2.96. The van der Waals surface area contributed by atoms with Crippen molar-refractivity contribution in [2.24, 2.45) is 0 Å². The number of rotatable bonds is 7. The molecule has 1 unspecified atom stereocenters. The van der Waals surface area contributed by atoms with E-state index in [-0.39, 0.29) is 0 Å². The van der Waals surface area contributed by atoms with E-state index in [4.69, 9.17) is 9.47 Å². The van der Waals surface area contributed by atoms with E-state index < -0.39 is 0 Å². The number of hydrogen-bond donors (Lipinski definition) is 1. The van der Waals surface area contributed by atoms with Gasteiger partial charge in [0.1, 0.15) is 5.75 Å². The van der Waals surface area contributed by atoms with Crippen molar-refractivity contribution < 1.29 is 9.47 Å². The highest BCUT2D eigenvalue weighted by Gasteiger charge is 2.16. The first-order valence-electron chi connectivity index (χ1n) is 7.30. The third-order valence-electron chi connectivity index (χ3n) is 3.63. The van der Waals surface area contributed by atoms with Gasteiger partial charge in [-0.25, -0.2) is 0 Å². The van der Waals surface area contributed by atoms with Crippen molar-refractivity contribution in [3.63, 3.8) is 0 Å². The van der Waals surface area contributed by atoms with Crippen LogP contribution < -0.4 is 10.1 Å². The fourth-order valence-electron chi connectivity index (χ4n) is 2.48. The second-order valence-corrected chi connectivity index (χ2v) is 5.38. The highest BCUT2D eigenvalue weighted by atomic mass is 16.5. The van der Waals surface area contributed by atoms with E-state index in [0.717, 1.165) is 24.5 Å². The largest absolute Gasteiger partial charge is 0.490 e. The standard InChI is InChI=1S/C16H25NO2/c1-13(11-12-18-2)17-14-7-9-16(10-8-14)19-15-5-3-4-6-15/h7-10,13,15,17H,3-6,11-12H2,1-2H3. The van der Waals surface area contributed by atoms with E-state index in [2.05, 4.69) is 36.5 Å². The Morgan fingerprint density at radius 3 is 2.53 bits per heavy atom. The lowest BCUT2D eigenvalue weighted by Crippen LogP contribution is -2.17. The molecular formula is C16H25NO2. The number of ether oxygens (including phenoxy) is 2. The Hall–Kier alpha value is -1.22. The molecule has 1 fully saturated rings. The molecule has 1 aromatic carbocycles. The Bertz CT molecular complexity index is 358. The van der Waals surface area contributed by atoms with Crippen LogP contribution in [0.5, 0.6) is 5.75 Å². The summed E-state index contributed by atoms with van der Waals surface area (Å²) in [5.74, 6) is 0.988. The normalized spacial score (nSPS) is 17.4. The van der Waals surface area contributed by atoms with E-state index in [1.165, 1.54) is 25.7 Å². The molecule has 0 aliphatic heterocycles. The molecule has 1 aromatic rings. The summed E-state index contributed by atoms with van der Waals surface area (Å²) in [5.41, 5.74) is 1.14. The lowest BCUT2D eigenvalue weighted by molar-refractivity contribution is 0.191. The van der Waals surface area contributed by atoms with Gasteiger partial charge in [0.05, 0.1) is 6.10 Å². The quantitative estimate of drug-likeness (QED) is 0.810. The molecule has 19 heavy (non-hydrogen) atoms. The Morgan fingerprint density at radius 2 is 1.89 bits per heavy atom. The predicted molar refractivity (Wildman–Crippen MR) is 78.9 cm³/mol. The molecule has 2 rings (SSSR count). The molecule has 0 heterocycles. The van der Waals surface area contributed by atoms with Crippen LogP contribution in [0.3, 0.4) is 0 Å². The second-order valence-electron chi connectivity index (χ2n) is 5.38. The van der Waals surface area contributed by atoms with Gasteiger partial charge in [-0.15, -0.1) is 0 Å². The van der Waals surface area contributed by atoms with Gasteiger partial charge in [-0.3, -0.25) is 0 Å². The molecule has 0 amide bonds. The molecular weight excluding hydrogens is 238 g/mol. The van der Waals surface area contributed by atoms with E-state index in [0.29, 0.717) is 12.1 Å². The third kappa shape index (κ3) is 4.75. The van der Waals surface area contributed by atoms with Crippen LogP contribution in [0, 0.1) is 0 Å². The molecule has 0 saturated heterocycles. The summed E-state index contributed by atoms with van der Waals surface area (Å²) in [5, 5.41) is 3.46. The molecule has 3 nitrogen and oxygen atoms in total. The third-order valence-corrected chi connectivity index (χ3v) is 3.63. The first-order valence-corrected chi connectivity index (χ1v) is 7.30. The molecule has 1 saturated carbocycles. The Kier molecular flexibility index (Phi) is 5.52. The van der Waals surface area contributed by atoms with Crippen LogP contribution in [0.1, 0.15) is 39.0 Å². The van der Waals surface area contributed by atoms with Crippen LogP contribution in [0.4, 0.5) is 5.69 Å². The van der Waals surface area contributed by atoms with Crippen molar-refractivity contribution in [3.8, 4) is 5.75 Å². The number of nitrogens with one attached hydrogen (secondary N) is 1. The number of anilines is 1. The van der Waals surface area contributed by atoms with E-state index in [9.17, 15) is 0 Å². The van der Waals surface area contributed by atoms with Gasteiger partial charge in [0.2, 0.25) is 0 Å². The molecule has 0 aromatic heterocycles. The topological polar surface area (TPSA) is 30.5 Å². The molecule has 0 spiro atoms. The number of methoxy groups -OCH3 is 1. The van der Waals surface area contributed by atoms with Gasteiger partial charge >= 0.3 is 0 Å². The molecule has 0 bridgehead atoms. The maximum absolute atomic E-state index is 5.95. The van der Waals surface area contributed by atoms with Gasteiger partial charge in [0, 0.05) is 25.4 Å². The van der Waals surface area contributed by atoms with Crippen molar-refractivity contribution >= 4 is 5.69 Å². The van der Waals surface area contributed by atoms with Gasteiger partial charge in [-0.2, -0.15) is 0 Å². The summed E-state index contributed by atoms with van der Waals surface area (Å²) in [6, 6.07) is 8.72. The summed E-state index contributed by atoms with van der Waals surface area (Å²) in [7, 11) is 1.74. The maximum atomic E-state index is 5.95. The Morgan fingerprint density at radius 1 is 1.21 bits per heavy atom. The van der Waals surface area contributed by atoms with E-state index >= 15 is 0 Å². The molecule has 1 aliphatic carbocycles. The van der Waals surface area contributed by atoms with Gasteiger partial charge in [0.15, 0.2) is 0 Å². The average molecular weight is 263 g/mol. The van der Waals surface area contributed by atoms with E-state index in [1.54, 1.807) is 7.11 Å². The average Bonchev–Trinajstić information content (AvgIpc) is 2.91. The Balaban J connectivity index is 1.80. The molecule has 106 valence electrons. The minimum atomic E-state index is 0.418. The maximum Gasteiger partial charge on any atom is 0.119 e. The van der Waals surface area contributed by atoms with Gasteiger partial charge in [-0.1, -0.05) is 0 Å². The van der Waals surface area contributed by atoms with Crippen LogP contribution in [-0.2, 0) is 4.74 Å². The van der Waals surface area contributed by atoms with Gasteiger partial charge in [0.25, 0.3) is 0 Å². The van der Waals surface area contributed by atoms with Crippen molar-refractivity contribution in [2.75, 3.05) is 19.0 Å².